The number of fused-ring (bicyclic) bond motifs is 1. The van der Waals surface area contributed by atoms with Crippen molar-refractivity contribution < 1.29 is 0 Å². The molecule has 2 nitrogen and oxygen atoms in total. The van der Waals surface area contributed by atoms with Crippen molar-refractivity contribution >= 4 is 22.5 Å². The number of nitrogens with zero attached hydrogens (tertiary/aromatic N) is 2. The van der Waals surface area contributed by atoms with E-state index in [1.54, 1.807) is 0 Å². The van der Waals surface area contributed by atoms with E-state index in [2.05, 4.69) is 48.1 Å². The van der Waals surface area contributed by atoms with Gasteiger partial charge in [-0.3, -0.25) is 0 Å². The first-order valence-electron chi connectivity index (χ1n) is 6.70. The Hall–Kier alpha value is -1.93. The van der Waals surface area contributed by atoms with Crippen LogP contribution in [0.25, 0.3) is 22.3 Å². The minimum absolute atomic E-state index is 0.515. The zero-order chi connectivity index (χ0) is 14.1. The predicted octanol–water partition coefficient (Wildman–Crippen LogP) is 4.82. The Morgan fingerprint density at radius 3 is 2.45 bits per heavy atom. The maximum atomic E-state index is 6.32. The van der Waals surface area contributed by atoms with Crippen molar-refractivity contribution in [3.05, 3.63) is 58.7 Å². The van der Waals surface area contributed by atoms with Gasteiger partial charge in [-0.1, -0.05) is 54.4 Å². The highest BCUT2D eigenvalue weighted by atomic mass is 35.5. The van der Waals surface area contributed by atoms with Crippen molar-refractivity contribution in [2.75, 3.05) is 0 Å². The fraction of sp³-hybridized carbons (Fsp3) is 0.176. The van der Waals surface area contributed by atoms with Gasteiger partial charge in [-0.25, -0.2) is 9.97 Å². The molecule has 3 aromatic rings. The van der Waals surface area contributed by atoms with Gasteiger partial charge in [0.05, 0.1) is 5.52 Å². The highest BCUT2D eigenvalue weighted by Gasteiger charge is 2.08. The van der Waals surface area contributed by atoms with Crippen LogP contribution in [-0.2, 0) is 6.42 Å². The first-order valence-corrected chi connectivity index (χ1v) is 7.08. The molecule has 0 aliphatic rings. The average Bonchev–Trinajstić information content (AvgIpc) is 2.47. The van der Waals surface area contributed by atoms with Crippen LogP contribution in [0.5, 0.6) is 0 Å². The molecule has 0 saturated heterocycles. The summed E-state index contributed by atoms with van der Waals surface area (Å²) < 4.78 is 0. The number of aryl methyl sites for hydroxylation is 2. The minimum atomic E-state index is 0.515. The van der Waals surface area contributed by atoms with Gasteiger partial charge in [-0.05, 0) is 31.0 Å². The molecule has 1 heterocycles. The molecular weight excluding hydrogens is 268 g/mol. The SMILES string of the molecule is CCc1ccc2nc(-c3ccc(C)cc3)nc(Cl)c2c1. The van der Waals surface area contributed by atoms with Gasteiger partial charge in [-0.15, -0.1) is 0 Å². The van der Waals surface area contributed by atoms with Crippen LogP contribution in [0.2, 0.25) is 5.15 Å². The number of halogens is 1. The van der Waals surface area contributed by atoms with Crippen LogP contribution >= 0.6 is 11.6 Å². The van der Waals surface area contributed by atoms with E-state index < -0.39 is 0 Å². The van der Waals surface area contributed by atoms with Gasteiger partial charge in [0, 0.05) is 10.9 Å². The predicted molar refractivity (Wildman–Crippen MR) is 84.1 cm³/mol. The molecule has 0 unspecified atom stereocenters. The van der Waals surface area contributed by atoms with Crippen LogP contribution in [0.1, 0.15) is 18.1 Å². The Kier molecular flexibility index (Phi) is 3.41. The molecule has 0 N–H and O–H groups in total. The van der Waals surface area contributed by atoms with Crippen molar-refractivity contribution in [1.29, 1.82) is 0 Å². The molecule has 100 valence electrons. The number of benzene rings is 2. The lowest BCUT2D eigenvalue weighted by Crippen LogP contribution is -1.93. The normalized spacial score (nSPS) is 10.9. The Morgan fingerprint density at radius 2 is 1.75 bits per heavy atom. The van der Waals surface area contributed by atoms with Crippen molar-refractivity contribution in [3.63, 3.8) is 0 Å². The van der Waals surface area contributed by atoms with Crippen LogP contribution in [0.3, 0.4) is 0 Å². The van der Waals surface area contributed by atoms with Gasteiger partial charge < -0.3 is 0 Å². The van der Waals surface area contributed by atoms with Crippen molar-refractivity contribution in [1.82, 2.24) is 9.97 Å². The molecule has 0 radical (unpaired) electrons. The molecule has 2 aromatic carbocycles. The third-order valence-corrected chi connectivity index (χ3v) is 3.72. The number of hydrogen-bond acceptors (Lipinski definition) is 2. The summed E-state index contributed by atoms with van der Waals surface area (Å²) >= 11 is 6.32. The number of hydrogen-bond donors (Lipinski definition) is 0. The highest BCUT2D eigenvalue weighted by Crippen LogP contribution is 2.26. The second kappa shape index (κ2) is 5.22. The largest absolute Gasteiger partial charge is 0.228 e. The molecule has 0 saturated carbocycles. The van der Waals surface area contributed by atoms with E-state index in [9.17, 15) is 0 Å². The van der Waals surface area contributed by atoms with E-state index in [1.165, 1.54) is 11.1 Å². The summed E-state index contributed by atoms with van der Waals surface area (Å²) in [6.07, 6.45) is 0.978. The van der Waals surface area contributed by atoms with E-state index in [-0.39, 0.29) is 0 Å². The van der Waals surface area contributed by atoms with Gasteiger partial charge >= 0.3 is 0 Å². The summed E-state index contributed by atoms with van der Waals surface area (Å²) in [5.41, 5.74) is 4.33. The van der Waals surface area contributed by atoms with E-state index in [0.717, 1.165) is 22.9 Å². The monoisotopic (exact) mass is 282 g/mol. The van der Waals surface area contributed by atoms with Crippen LogP contribution in [0, 0.1) is 6.92 Å². The summed E-state index contributed by atoms with van der Waals surface area (Å²) in [6.45, 7) is 4.18. The Labute approximate surface area is 123 Å². The quantitative estimate of drug-likeness (QED) is 0.630. The summed E-state index contributed by atoms with van der Waals surface area (Å²) in [7, 11) is 0. The van der Waals surface area contributed by atoms with Gasteiger partial charge in [0.1, 0.15) is 5.15 Å². The molecule has 0 amide bonds. The zero-order valence-electron chi connectivity index (χ0n) is 11.5. The number of aromatic nitrogens is 2. The average molecular weight is 283 g/mol. The first kappa shape index (κ1) is 13.1. The minimum Gasteiger partial charge on any atom is -0.228 e. The van der Waals surface area contributed by atoms with Crippen LogP contribution in [0.15, 0.2) is 42.5 Å². The molecule has 0 fully saturated rings. The van der Waals surface area contributed by atoms with E-state index in [0.29, 0.717) is 11.0 Å². The van der Waals surface area contributed by atoms with E-state index >= 15 is 0 Å². The zero-order valence-corrected chi connectivity index (χ0v) is 12.3. The fourth-order valence-electron chi connectivity index (χ4n) is 2.19. The lowest BCUT2D eigenvalue weighted by atomic mass is 10.1. The molecule has 3 rings (SSSR count). The molecule has 20 heavy (non-hydrogen) atoms. The Morgan fingerprint density at radius 1 is 1.00 bits per heavy atom. The van der Waals surface area contributed by atoms with Gasteiger partial charge in [-0.2, -0.15) is 0 Å². The number of rotatable bonds is 2. The Balaban J connectivity index is 2.17. The third kappa shape index (κ3) is 2.39. The maximum absolute atomic E-state index is 6.32. The molecule has 0 atom stereocenters. The van der Waals surface area contributed by atoms with Gasteiger partial charge in [0.15, 0.2) is 5.82 Å². The lowest BCUT2D eigenvalue weighted by Gasteiger charge is -2.06. The molecule has 3 heteroatoms. The summed E-state index contributed by atoms with van der Waals surface area (Å²) in [4.78, 5) is 9.05. The topological polar surface area (TPSA) is 25.8 Å². The van der Waals surface area contributed by atoms with Crippen LogP contribution in [-0.4, -0.2) is 9.97 Å². The second-order valence-corrected chi connectivity index (χ2v) is 5.27. The molecule has 0 aliphatic heterocycles. The molecule has 1 aromatic heterocycles. The molecular formula is C17H15ClN2. The van der Waals surface area contributed by atoms with Crippen molar-refractivity contribution in [3.8, 4) is 11.4 Å². The molecule has 0 aliphatic carbocycles. The van der Waals surface area contributed by atoms with Crippen LogP contribution < -0.4 is 0 Å². The van der Waals surface area contributed by atoms with Gasteiger partial charge in [0.25, 0.3) is 0 Å². The van der Waals surface area contributed by atoms with E-state index in [1.807, 2.05) is 18.2 Å². The van der Waals surface area contributed by atoms with Gasteiger partial charge in [0.2, 0.25) is 0 Å². The van der Waals surface area contributed by atoms with E-state index in [4.69, 9.17) is 11.6 Å². The highest BCUT2D eigenvalue weighted by molar-refractivity contribution is 6.34. The standard InChI is InChI=1S/C17H15ClN2/c1-3-12-6-9-15-14(10-12)16(18)20-17(19-15)13-7-4-11(2)5-8-13/h4-10H,3H2,1-2H3. The third-order valence-electron chi connectivity index (χ3n) is 3.43. The molecule has 0 bridgehead atoms. The smallest absolute Gasteiger partial charge is 0.161 e. The van der Waals surface area contributed by atoms with Crippen molar-refractivity contribution in [2.24, 2.45) is 0 Å². The summed E-state index contributed by atoms with van der Waals surface area (Å²) in [6, 6.07) is 14.3. The maximum Gasteiger partial charge on any atom is 0.161 e. The molecule has 0 spiro atoms. The fourth-order valence-corrected chi connectivity index (χ4v) is 2.42. The first-order chi connectivity index (χ1) is 9.67. The van der Waals surface area contributed by atoms with Crippen molar-refractivity contribution in [2.45, 2.75) is 20.3 Å². The summed E-state index contributed by atoms with van der Waals surface area (Å²) in [5.74, 6) is 0.673. The second-order valence-electron chi connectivity index (χ2n) is 4.91. The lowest BCUT2D eigenvalue weighted by molar-refractivity contribution is 1.14. The van der Waals surface area contributed by atoms with Crippen LogP contribution in [0.4, 0.5) is 0 Å². The Bertz CT molecular complexity index is 764. The summed E-state index contributed by atoms with van der Waals surface area (Å²) in [5, 5.41) is 1.43.